The SMILES string of the molecule is CCOC(=O)Nc1ccc(C(=O)/C=C/c2ccccc2)cc1. The van der Waals surface area contributed by atoms with Crippen LogP contribution in [0.4, 0.5) is 10.5 Å². The van der Waals surface area contributed by atoms with E-state index >= 15 is 0 Å². The molecule has 0 spiro atoms. The molecule has 2 rings (SSSR count). The summed E-state index contributed by atoms with van der Waals surface area (Å²) in [5.41, 5.74) is 2.11. The van der Waals surface area contributed by atoms with Crippen molar-refractivity contribution in [2.24, 2.45) is 0 Å². The number of rotatable bonds is 5. The van der Waals surface area contributed by atoms with Crippen molar-refractivity contribution >= 4 is 23.6 Å². The summed E-state index contributed by atoms with van der Waals surface area (Å²) >= 11 is 0. The molecular weight excluding hydrogens is 278 g/mol. The summed E-state index contributed by atoms with van der Waals surface area (Å²) in [5.74, 6) is -0.0912. The largest absolute Gasteiger partial charge is 0.450 e. The molecule has 22 heavy (non-hydrogen) atoms. The normalized spacial score (nSPS) is 10.4. The molecule has 2 aromatic carbocycles. The Balaban J connectivity index is 1.99. The summed E-state index contributed by atoms with van der Waals surface area (Å²) in [4.78, 5) is 23.3. The van der Waals surface area contributed by atoms with E-state index in [1.807, 2.05) is 30.3 Å². The Hall–Kier alpha value is -2.88. The van der Waals surface area contributed by atoms with Crippen LogP contribution >= 0.6 is 0 Å². The highest BCUT2D eigenvalue weighted by molar-refractivity contribution is 6.07. The van der Waals surface area contributed by atoms with Gasteiger partial charge in [-0.15, -0.1) is 0 Å². The Bertz CT molecular complexity index is 660. The van der Waals surface area contributed by atoms with Gasteiger partial charge >= 0.3 is 6.09 Å². The first-order chi connectivity index (χ1) is 10.7. The van der Waals surface area contributed by atoms with Crippen molar-refractivity contribution in [3.8, 4) is 0 Å². The highest BCUT2D eigenvalue weighted by atomic mass is 16.5. The smallest absolute Gasteiger partial charge is 0.411 e. The molecule has 4 heteroatoms. The summed E-state index contributed by atoms with van der Waals surface area (Å²) in [6.07, 6.45) is 2.79. The lowest BCUT2D eigenvalue weighted by atomic mass is 10.1. The Labute approximate surface area is 129 Å². The molecule has 1 N–H and O–H groups in total. The van der Waals surface area contributed by atoms with Crippen molar-refractivity contribution < 1.29 is 14.3 Å². The van der Waals surface area contributed by atoms with Gasteiger partial charge in [-0.3, -0.25) is 10.1 Å². The molecule has 0 radical (unpaired) electrons. The van der Waals surface area contributed by atoms with Gasteiger partial charge in [-0.2, -0.15) is 0 Å². The lowest BCUT2D eigenvalue weighted by molar-refractivity contribution is 0.104. The Kier molecular flexibility index (Phi) is 5.49. The molecule has 0 saturated carbocycles. The molecule has 0 heterocycles. The van der Waals surface area contributed by atoms with E-state index in [4.69, 9.17) is 4.74 Å². The highest BCUT2D eigenvalue weighted by Gasteiger charge is 2.04. The number of benzene rings is 2. The zero-order chi connectivity index (χ0) is 15.8. The fourth-order valence-corrected chi connectivity index (χ4v) is 1.84. The standard InChI is InChI=1S/C18H17NO3/c1-2-22-18(21)19-16-11-9-15(10-12-16)17(20)13-8-14-6-4-3-5-7-14/h3-13H,2H2,1H3,(H,19,21)/b13-8+. The number of hydrogen-bond donors (Lipinski definition) is 1. The van der Waals surface area contributed by atoms with E-state index in [0.717, 1.165) is 5.56 Å². The van der Waals surface area contributed by atoms with Crippen molar-refractivity contribution in [3.05, 3.63) is 71.8 Å². The minimum atomic E-state index is -0.509. The first-order valence-corrected chi connectivity index (χ1v) is 7.00. The fourth-order valence-electron chi connectivity index (χ4n) is 1.84. The second-order valence-corrected chi connectivity index (χ2v) is 4.53. The number of carbonyl (C=O) groups excluding carboxylic acids is 2. The van der Waals surface area contributed by atoms with Crippen LogP contribution in [0.15, 0.2) is 60.7 Å². The van der Waals surface area contributed by atoms with E-state index < -0.39 is 6.09 Å². The molecule has 0 atom stereocenters. The van der Waals surface area contributed by atoms with Crippen LogP contribution in [0.25, 0.3) is 6.08 Å². The summed E-state index contributed by atoms with van der Waals surface area (Å²) in [6.45, 7) is 2.05. The summed E-state index contributed by atoms with van der Waals surface area (Å²) in [5, 5.41) is 2.58. The number of amides is 1. The number of ether oxygens (including phenoxy) is 1. The molecule has 0 saturated heterocycles. The number of hydrogen-bond acceptors (Lipinski definition) is 3. The third-order valence-electron chi connectivity index (χ3n) is 2.92. The number of allylic oxidation sites excluding steroid dienone is 1. The number of nitrogens with one attached hydrogen (secondary N) is 1. The lowest BCUT2D eigenvalue weighted by Crippen LogP contribution is -2.13. The molecule has 4 nitrogen and oxygen atoms in total. The maximum atomic E-state index is 12.1. The number of carbonyl (C=O) groups is 2. The van der Waals surface area contributed by atoms with Gasteiger partial charge in [0.15, 0.2) is 5.78 Å². The maximum absolute atomic E-state index is 12.1. The van der Waals surface area contributed by atoms with E-state index in [1.165, 1.54) is 6.08 Å². The van der Waals surface area contributed by atoms with Crippen molar-refractivity contribution in [1.29, 1.82) is 0 Å². The second-order valence-electron chi connectivity index (χ2n) is 4.53. The van der Waals surface area contributed by atoms with Gasteiger partial charge in [0.25, 0.3) is 0 Å². The molecule has 0 bridgehead atoms. The van der Waals surface area contributed by atoms with Crippen LogP contribution in [-0.2, 0) is 4.74 Å². The first kappa shape index (κ1) is 15.5. The van der Waals surface area contributed by atoms with Gasteiger partial charge < -0.3 is 4.74 Å². The molecule has 0 aliphatic heterocycles. The molecule has 112 valence electrons. The average Bonchev–Trinajstić information content (AvgIpc) is 2.54. The van der Waals surface area contributed by atoms with Crippen LogP contribution in [-0.4, -0.2) is 18.5 Å². The van der Waals surface area contributed by atoms with Crippen molar-refractivity contribution in [2.75, 3.05) is 11.9 Å². The zero-order valence-corrected chi connectivity index (χ0v) is 12.3. The van der Waals surface area contributed by atoms with Gasteiger partial charge in [-0.25, -0.2) is 4.79 Å². The molecule has 0 fully saturated rings. The molecule has 0 aromatic heterocycles. The molecule has 0 aliphatic rings. The van der Waals surface area contributed by atoms with Gasteiger partial charge in [0.05, 0.1) is 6.61 Å². The van der Waals surface area contributed by atoms with E-state index in [1.54, 1.807) is 37.3 Å². The van der Waals surface area contributed by atoms with Gasteiger partial charge in [0, 0.05) is 11.3 Å². The summed E-state index contributed by atoms with van der Waals surface area (Å²) in [6, 6.07) is 16.3. The van der Waals surface area contributed by atoms with E-state index in [0.29, 0.717) is 17.9 Å². The van der Waals surface area contributed by atoms with Gasteiger partial charge in [0.2, 0.25) is 0 Å². The Morgan fingerprint density at radius 3 is 2.36 bits per heavy atom. The van der Waals surface area contributed by atoms with Crippen molar-refractivity contribution in [1.82, 2.24) is 0 Å². The fraction of sp³-hybridized carbons (Fsp3) is 0.111. The van der Waals surface area contributed by atoms with Crippen LogP contribution in [0.3, 0.4) is 0 Å². The number of anilines is 1. The summed E-state index contributed by atoms with van der Waals surface area (Å²) < 4.78 is 4.78. The van der Waals surface area contributed by atoms with Crippen LogP contribution in [0.5, 0.6) is 0 Å². The third-order valence-corrected chi connectivity index (χ3v) is 2.92. The van der Waals surface area contributed by atoms with E-state index in [9.17, 15) is 9.59 Å². The van der Waals surface area contributed by atoms with Crippen LogP contribution in [0.1, 0.15) is 22.8 Å². The zero-order valence-electron chi connectivity index (χ0n) is 12.3. The van der Waals surface area contributed by atoms with E-state index in [-0.39, 0.29) is 5.78 Å². The molecular formula is C18H17NO3. The molecule has 1 amide bonds. The molecule has 0 aliphatic carbocycles. The maximum Gasteiger partial charge on any atom is 0.411 e. The quantitative estimate of drug-likeness (QED) is 0.666. The van der Waals surface area contributed by atoms with Gasteiger partial charge in [-0.05, 0) is 42.8 Å². The predicted molar refractivity (Wildman–Crippen MR) is 86.9 cm³/mol. The predicted octanol–water partition coefficient (Wildman–Crippen LogP) is 4.15. The minimum Gasteiger partial charge on any atom is -0.450 e. The monoisotopic (exact) mass is 295 g/mol. The highest BCUT2D eigenvalue weighted by Crippen LogP contribution is 2.12. The van der Waals surface area contributed by atoms with Crippen LogP contribution in [0.2, 0.25) is 0 Å². The topological polar surface area (TPSA) is 55.4 Å². The van der Waals surface area contributed by atoms with Crippen LogP contribution < -0.4 is 5.32 Å². The average molecular weight is 295 g/mol. The Morgan fingerprint density at radius 1 is 1.05 bits per heavy atom. The first-order valence-electron chi connectivity index (χ1n) is 7.00. The summed E-state index contributed by atoms with van der Waals surface area (Å²) in [7, 11) is 0. The van der Waals surface area contributed by atoms with Gasteiger partial charge in [0.1, 0.15) is 0 Å². The number of ketones is 1. The lowest BCUT2D eigenvalue weighted by Gasteiger charge is -2.05. The van der Waals surface area contributed by atoms with Crippen molar-refractivity contribution in [3.63, 3.8) is 0 Å². The Morgan fingerprint density at radius 2 is 1.73 bits per heavy atom. The second kappa shape index (κ2) is 7.78. The molecule has 2 aromatic rings. The van der Waals surface area contributed by atoms with Crippen LogP contribution in [0, 0.1) is 0 Å². The minimum absolute atomic E-state index is 0.0912. The van der Waals surface area contributed by atoms with Crippen molar-refractivity contribution in [2.45, 2.75) is 6.92 Å². The van der Waals surface area contributed by atoms with Gasteiger partial charge in [-0.1, -0.05) is 36.4 Å². The molecule has 0 unspecified atom stereocenters. The third kappa shape index (κ3) is 4.59. The van der Waals surface area contributed by atoms with E-state index in [2.05, 4.69) is 5.32 Å².